The number of aromatic nitrogens is 4. The fourth-order valence-corrected chi connectivity index (χ4v) is 2.23. The van der Waals surface area contributed by atoms with Gasteiger partial charge in [0.1, 0.15) is 0 Å². The molecule has 0 saturated heterocycles. The monoisotopic (exact) mass is 300 g/mol. The Morgan fingerprint density at radius 3 is 2.86 bits per heavy atom. The van der Waals surface area contributed by atoms with Gasteiger partial charge in [-0.15, -0.1) is 0 Å². The second-order valence-electron chi connectivity index (χ2n) is 4.51. The lowest BCUT2D eigenvalue weighted by atomic mass is 10.2. The molecule has 0 amide bonds. The molecule has 0 unspecified atom stereocenters. The first-order valence-corrected chi connectivity index (χ1v) is 6.65. The summed E-state index contributed by atoms with van der Waals surface area (Å²) in [6, 6.07) is 5.67. The minimum absolute atomic E-state index is 0.352. The highest BCUT2D eigenvalue weighted by Crippen LogP contribution is 2.21. The quantitative estimate of drug-likeness (QED) is 0.755. The van der Waals surface area contributed by atoms with Crippen LogP contribution in [0.3, 0.4) is 0 Å². The third kappa shape index (κ3) is 2.80. The van der Waals surface area contributed by atoms with Crippen molar-refractivity contribution in [3.8, 4) is 5.69 Å². The lowest BCUT2D eigenvalue weighted by molar-refractivity contribution is 0.897. The molecule has 0 aliphatic heterocycles. The molecule has 0 aliphatic carbocycles. The molecule has 0 atom stereocenters. The van der Waals surface area contributed by atoms with Crippen LogP contribution in [-0.4, -0.2) is 25.4 Å². The van der Waals surface area contributed by atoms with Crippen molar-refractivity contribution in [2.45, 2.75) is 6.92 Å². The number of nitrogens with zero attached hydrogens (tertiary/aromatic N) is 5. The second-order valence-corrected chi connectivity index (χ2v) is 4.92. The van der Waals surface area contributed by atoms with Crippen molar-refractivity contribution < 1.29 is 0 Å². The van der Waals surface area contributed by atoms with Crippen LogP contribution in [0.25, 0.3) is 5.69 Å². The van der Waals surface area contributed by atoms with Crippen molar-refractivity contribution in [2.75, 3.05) is 5.73 Å². The number of hydrogen-bond donors (Lipinski definition) is 1. The molecular formula is C14H13ClN6. The number of benzene rings is 1. The zero-order chi connectivity index (χ0) is 14.8. The molecule has 0 fully saturated rings. The van der Waals surface area contributed by atoms with Gasteiger partial charge in [0.2, 0.25) is 5.95 Å². The van der Waals surface area contributed by atoms with Gasteiger partial charge in [0.25, 0.3) is 0 Å². The predicted octanol–water partition coefficient (Wildman–Crippen LogP) is 2.50. The number of nitrogens with two attached hydrogens (primary N) is 1. The molecule has 0 saturated carbocycles. The van der Waals surface area contributed by atoms with Crippen LogP contribution in [0.5, 0.6) is 0 Å². The molecule has 2 N–H and O–H groups in total. The van der Waals surface area contributed by atoms with E-state index in [9.17, 15) is 0 Å². The summed E-state index contributed by atoms with van der Waals surface area (Å²) in [5.74, 6) is 0.352. The first kappa shape index (κ1) is 13.4. The fraction of sp³-hybridized carbons (Fsp3) is 0.0714. The van der Waals surface area contributed by atoms with Gasteiger partial charge in [-0.25, -0.2) is 14.6 Å². The number of imidazole rings is 2. The van der Waals surface area contributed by atoms with Crippen molar-refractivity contribution >= 4 is 23.8 Å². The van der Waals surface area contributed by atoms with Gasteiger partial charge < -0.3 is 10.3 Å². The van der Waals surface area contributed by atoms with Crippen LogP contribution in [0, 0.1) is 6.92 Å². The summed E-state index contributed by atoms with van der Waals surface area (Å²) < 4.78 is 3.37. The Hall–Kier alpha value is -2.60. The van der Waals surface area contributed by atoms with E-state index in [0.29, 0.717) is 11.0 Å². The average molecular weight is 301 g/mol. The smallest absolute Gasteiger partial charge is 0.221 e. The summed E-state index contributed by atoms with van der Waals surface area (Å²) in [6.07, 6.45) is 8.68. The fourth-order valence-electron chi connectivity index (χ4n) is 1.94. The van der Waals surface area contributed by atoms with Gasteiger partial charge in [-0.1, -0.05) is 17.7 Å². The molecule has 6 nitrogen and oxygen atoms in total. The first-order chi connectivity index (χ1) is 10.1. The SMILES string of the molecule is Cc1cn(N=Cc2ccc(-n3ccnc3)c(Cl)c2)c(N)n1. The summed E-state index contributed by atoms with van der Waals surface area (Å²) in [5.41, 5.74) is 8.28. The summed E-state index contributed by atoms with van der Waals surface area (Å²) >= 11 is 6.28. The van der Waals surface area contributed by atoms with Crippen LogP contribution >= 0.6 is 11.6 Å². The van der Waals surface area contributed by atoms with Crippen LogP contribution in [0.2, 0.25) is 5.02 Å². The van der Waals surface area contributed by atoms with Crippen molar-refractivity contribution in [1.29, 1.82) is 0 Å². The molecule has 0 bridgehead atoms. The Kier molecular flexibility index (Phi) is 3.45. The molecule has 0 radical (unpaired) electrons. The minimum Gasteiger partial charge on any atom is -0.368 e. The highest BCUT2D eigenvalue weighted by molar-refractivity contribution is 6.32. The summed E-state index contributed by atoms with van der Waals surface area (Å²) in [7, 11) is 0. The molecule has 3 aromatic rings. The summed E-state index contributed by atoms with van der Waals surface area (Å²) in [6.45, 7) is 1.86. The molecular weight excluding hydrogens is 288 g/mol. The molecule has 3 rings (SSSR count). The van der Waals surface area contributed by atoms with E-state index in [-0.39, 0.29) is 0 Å². The van der Waals surface area contributed by atoms with E-state index in [0.717, 1.165) is 16.9 Å². The van der Waals surface area contributed by atoms with Crippen LogP contribution in [0.4, 0.5) is 5.95 Å². The van der Waals surface area contributed by atoms with E-state index in [2.05, 4.69) is 15.1 Å². The standard InChI is InChI=1S/C14H13ClN6/c1-10-8-21(14(16)19-10)18-7-11-2-3-13(12(15)6-11)20-5-4-17-9-20/h2-9H,1H3,(H2,16,19). The molecule has 2 heterocycles. The highest BCUT2D eigenvalue weighted by Gasteiger charge is 2.03. The van der Waals surface area contributed by atoms with Gasteiger partial charge in [0.05, 0.1) is 35.1 Å². The number of rotatable bonds is 3. The zero-order valence-electron chi connectivity index (χ0n) is 11.3. The number of aryl methyl sites for hydroxylation is 1. The minimum atomic E-state index is 0.352. The van der Waals surface area contributed by atoms with E-state index in [4.69, 9.17) is 17.3 Å². The van der Waals surface area contributed by atoms with Crippen LogP contribution < -0.4 is 5.73 Å². The lowest BCUT2D eigenvalue weighted by Gasteiger charge is -2.05. The maximum atomic E-state index is 6.28. The maximum absolute atomic E-state index is 6.28. The van der Waals surface area contributed by atoms with E-state index >= 15 is 0 Å². The topological polar surface area (TPSA) is 74.0 Å². The molecule has 106 valence electrons. The predicted molar refractivity (Wildman–Crippen MR) is 82.9 cm³/mol. The number of anilines is 1. The van der Waals surface area contributed by atoms with Gasteiger partial charge >= 0.3 is 0 Å². The molecule has 0 spiro atoms. The van der Waals surface area contributed by atoms with Gasteiger partial charge in [-0.3, -0.25) is 0 Å². The summed E-state index contributed by atoms with van der Waals surface area (Å²) in [4.78, 5) is 8.08. The highest BCUT2D eigenvalue weighted by atomic mass is 35.5. The van der Waals surface area contributed by atoms with Gasteiger partial charge in [-0.05, 0) is 24.6 Å². The van der Waals surface area contributed by atoms with E-state index in [1.807, 2.05) is 35.9 Å². The van der Waals surface area contributed by atoms with E-state index < -0.39 is 0 Å². The van der Waals surface area contributed by atoms with E-state index in [1.54, 1.807) is 24.9 Å². The Bertz CT molecular complexity index is 788. The van der Waals surface area contributed by atoms with Crippen molar-refractivity contribution in [1.82, 2.24) is 19.2 Å². The number of nitrogen functional groups attached to an aromatic ring is 1. The Morgan fingerprint density at radius 2 is 2.24 bits per heavy atom. The maximum Gasteiger partial charge on any atom is 0.221 e. The molecule has 2 aromatic heterocycles. The third-order valence-electron chi connectivity index (χ3n) is 2.92. The van der Waals surface area contributed by atoms with Gasteiger partial charge in [0, 0.05) is 12.4 Å². The first-order valence-electron chi connectivity index (χ1n) is 6.27. The van der Waals surface area contributed by atoms with Crippen LogP contribution in [0.15, 0.2) is 48.2 Å². The molecule has 21 heavy (non-hydrogen) atoms. The van der Waals surface area contributed by atoms with Crippen LogP contribution in [0.1, 0.15) is 11.3 Å². The van der Waals surface area contributed by atoms with Gasteiger partial charge in [-0.2, -0.15) is 5.10 Å². The molecule has 0 aliphatic rings. The van der Waals surface area contributed by atoms with Crippen molar-refractivity contribution in [3.63, 3.8) is 0 Å². The third-order valence-corrected chi connectivity index (χ3v) is 3.22. The Morgan fingerprint density at radius 1 is 1.38 bits per heavy atom. The molecule has 7 heteroatoms. The normalized spacial score (nSPS) is 11.3. The van der Waals surface area contributed by atoms with Crippen molar-refractivity contribution in [2.24, 2.45) is 5.10 Å². The second kappa shape index (κ2) is 5.41. The van der Waals surface area contributed by atoms with Gasteiger partial charge in [0.15, 0.2) is 0 Å². The van der Waals surface area contributed by atoms with Crippen molar-refractivity contribution in [3.05, 3.63) is 59.4 Å². The largest absolute Gasteiger partial charge is 0.368 e. The zero-order valence-corrected chi connectivity index (χ0v) is 12.1. The molecule has 1 aromatic carbocycles. The number of hydrogen-bond acceptors (Lipinski definition) is 4. The van der Waals surface area contributed by atoms with E-state index in [1.165, 1.54) is 4.68 Å². The Balaban J connectivity index is 1.87. The number of halogens is 1. The lowest BCUT2D eigenvalue weighted by Crippen LogP contribution is -1.97. The average Bonchev–Trinajstić information content (AvgIpc) is 3.06. The summed E-state index contributed by atoms with van der Waals surface area (Å²) in [5, 5.41) is 4.87. The Labute approximate surface area is 126 Å². The van der Waals surface area contributed by atoms with Crippen LogP contribution in [-0.2, 0) is 0 Å².